The number of nitrogens with one attached hydrogen (secondary N) is 1. The molecule has 1 N–H and O–H groups in total. The Balaban J connectivity index is 1.57. The first kappa shape index (κ1) is 19.4. The lowest BCUT2D eigenvalue weighted by molar-refractivity contribution is -0.129. The molecule has 6 heteroatoms. The third-order valence-corrected chi connectivity index (χ3v) is 5.05. The molecule has 0 saturated carbocycles. The fourth-order valence-electron chi connectivity index (χ4n) is 3.48. The smallest absolute Gasteiger partial charge is 0.264 e. The SMILES string of the molecule is COc1ccccc1C(=O)N1Cc2cc(NC(=O)c3ccccc3)ccc2CC1=O. The van der Waals surface area contributed by atoms with Crippen molar-refractivity contribution in [1.29, 1.82) is 0 Å². The highest BCUT2D eigenvalue weighted by molar-refractivity contribution is 6.07. The summed E-state index contributed by atoms with van der Waals surface area (Å²) in [5, 5.41) is 2.87. The zero-order chi connectivity index (χ0) is 21.1. The summed E-state index contributed by atoms with van der Waals surface area (Å²) in [5.41, 5.74) is 3.18. The van der Waals surface area contributed by atoms with Gasteiger partial charge in [0.1, 0.15) is 5.75 Å². The summed E-state index contributed by atoms with van der Waals surface area (Å²) >= 11 is 0. The van der Waals surface area contributed by atoms with Crippen molar-refractivity contribution in [3.63, 3.8) is 0 Å². The predicted molar refractivity (Wildman–Crippen MR) is 112 cm³/mol. The number of carbonyl (C=O) groups is 3. The molecule has 1 aliphatic heterocycles. The van der Waals surface area contributed by atoms with Crippen molar-refractivity contribution in [2.45, 2.75) is 13.0 Å². The monoisotopic (exact) mass is 400 g/mol. The number of carbonyl (C=O) groups excluding carboxylic acids is 3. The highest BCUT2D eigenvalue weighted by atomic mass is 16.5. The number of rotatable bonds is 4. The van der Waals surface area contributed by atoms with Crippen molar-refractivity contribution in [3.8, 4) is 5.75 Å². The molecule has 3 aromatic rings. The average molecular weight is 400 g/mol. The quantitative estimate of drug-likeness (QED) is 0.678. The Labute approximate surface area is 174 Å². The van der Waals surface area contributed by atoms with Crippen LogP contribution in [0.4, 0.5) is 5.69 Å². The number of nitrogens with zero attached hydrogens (tertiary/aromatic N) is 1. The number of ether oxygens (including phenoxy) is 1. The highest BCUT2D eigenvalue weighted by Crippen LogP contribution is 2.27. The van der Waals surface area contributed by atoms with Gasteiger partial charge < -0.3 is 10.1 Å². The molecule has 0 fully saturated rings. The maximum Gasteiger partial charge on any atom is 0.264 e. The Hall–Kier alpha value is -3.93. The number of hydrogen-bond donors (Lipinski definition) is 1. The van der Waals surface area contributed by atoms with E-state index in [1.165, 1.54) is 12.0 Å². The summed E-state index contributed by atoms with van der Waals surface area (Å²) in [6.07, 6.45) is 0.128. The molecular formula is C24H20N2O4. The third kappa shape index (κ3) is 3.80. The molecule has 0 spiro atoms. The van der Waals surface area contributed by atoms with Gasteiger partial charge in [-0.05, 0) is 47.5 Å². The maximum atomic E-state index is 13.0. The second-order valence-electron chi connectivity index (χ2n) is 6.97. The minimum absolute atomic E-state index is 0.128. The fourth-order valence-corrected chi connectivity index (χ4v) is 3.48. The first-order valence-corrected chi connectivity index (χ1v) is 9.52. The van der Waals surface area contributed by atoms with Gasteiger partial charge in [-0.3, -0.25) is 19.3 Å². The van der Waals surface area contributed by atoms with E-state index in [1.807, 2.05) is 18.2 Å². The van der Waals surface area contributed by atoms with E-state index < -0.39 is 5.91 Å². The molecule has 3 aromatic carbocycles. The molecule has 150 valence electrons. The van der Waals surface area contributed by atoms with Gasteiger partial charge in [-0.25, -0.2) is 0 Å². The summed E-state index contributed by atoms with van der Waals surface area (Å²) in [5.74, 6) is -0.462. The first-order valence-electron chi connectivity index (χ1n) is 9.52. The van der Waals surface area contributed by atoms with Crippen LogP contribution in [0.5, 0.6) is 5.75 Å². The van der Waals surface area contributed by atoms with Crippen LogP contribution >= 0.6 is 0 Å². The normalized spacial score (nSPS) is 12.8. The molecule has 0 saturated heterocycles. The summed E-state index contributed by atoms with van der Waals surface area (Å²) in [7, 11) is 1.49. The first-order chi connectivity index (χ1) is 14.6. The minimum atomic E-state index is -0.401. The summed E-state index contributed by atoms with van der Waals surface area (Å²) in [6, 6.07) is 21.1. The lowest BCUT2D eigenvalue weighted by atomic mass is 9.97. The molecular weight excluding hydrogens is 380 g/mol. The van der Waals surface area contributed by atoms with E-state index in [9.17, 15) is 14.4 Å². The molecule has 0 aliphatic carbocycles. The van der Waals surface area contributed by atoms with Crippen LogP contribution in [-0.4, -0.2) is 29.7 Å². The van der Waals surface area contributed by atoms with E-state index in [2.05, 4.69) is 5.32 Å². The zero-order valence-electron chi connectivity index (χ0n) is 16.4. The number of fused-ring (bicyclic) bond motifs is 1. The van der Waals surface area contributed by atoms with Crippen LogP contribution in [0.3, 0.4) is 0 Å². The van der Waals surface area contributed by atoms with Crippen molar-refractivity contribution in [3.05, 3.63) is 95.1 Å². The van der Waals surface area contributed by atoms with Crippen molar-refractivity contribution in [2.24, 2.45) is 0 Å². The lowest BCUT2D eigenvalue weighted by Gasteiger charge is -2.28. The van der Waals surface area contributed by atoms with Gasteiger partial charge in [0, 0.05) is 11.3 Å². The van der Waals surface area contributed by atoms with E-state index in [-0.39, 0.29) is 24.8 Å². The Morgan fingerprint density at radius 1 is 0.933 bits per heavy atom. The van der Waals surface area contributed by atoms with E-state index in [0.29, 0.717) is 22.6 Å². The number of imide groups is 1. The zero-order valence-corrected chi connectivity index (χ0v) is 16.4. The summed E-state index contributed by atoms with van der Waals surface area (Å²) < 4.78 is 5.26. The van der Waals surface area contributed by atoms with Crippen molar-refractivity contribution >= 4 is 23.4 Å². The maximum absolute atomic E-state index is 13.0. The summed E-state index contributed by atoms with van der Waals surface area (Å²) in [4.78, 5) is 39.3. The van der Waals surface area contributed by atoms with E-state index in [4.69, 9.17) is 4.74 Å². The highest BCUT2D eigenvalue weighted by Gasteiger charge is 2.30. The van der Waals surface area contributed by atoms with E-state index in [0.717, 1.165) is 11.1 Å². The Bertz CT molecular complexity index is 1130. The molecule has 6 nitrogen and oxygen atoms in total. The van der Waals surface area contributed by atoms with E-state index >= 15 is 0 Å². The van der Waals surface area contributed by atoms with E-state index in [1.54, 1.807) is 54.6 Å². The molecule has 0 radical (unpaired) electrons. The average Bonchev–Trinajstić information content (AvgIpc) is 2.79. The van der Waals surface area contributed by atoms with Crippen LogP contribution < -0.4 is 10.1 Å². The second-order valence-corrected chi connectivity index (χ2v) is 6.97. The fraction of sp³-hybridized carbons (Fsp3) is 0.125. The topological polar surface area (TPSA) is 75.7 Å². The lowest BCUT2D eigenvalue weighted by Crippen LogP contribution is -2.40. The van der Waals surface area contributed by atoms with Gasteiger partial charge in [-0.1, -0.05) is 36.4 Å². The number of hydrogen-bond acceptors (Lipinski definition) is 4. The van der Waals surface area contributed by atoms with Crippen LogP contribution in [0, 0.1) is 0 Å². The number of methoxy groups -OCH3 is 1. The minimum Gasteiger partial charge on any atom is -0.496 e. The van der Waals surface area contributed by atoms with Crippen molar-refractivity contribution in [1.82, 2.24) is 4.90 Å². The van der Waals surface area contributed by atoms with Crippen LogP contribution in [0.1, 0.15) is 31.8 Å². The van der Waals surface area contributed by atoms with Gasteiger partial charge >= 0.3 is 0 Å². The van der Waals surface area contributed by atoms with Crippen molar-refractivity contribution < 1.29 is 19.1 Å². The van der Waals surface area contributed by atoms with Gasteiger partial charge in [-0.2, -0.15) is 0 Å². The molecule has 1 aliphatic rings. The second kappa shape index (κ2) is 8.21. The van der Waals surface area contributed by atoms with Gasteiger partial charge in [0.2, 0.25) is 5.91 Å². The van der Waals surface area contributed by atoms with Crippen LogP contribution in [-0.2, 0) is 17.8 Å². The predicted octanol–water partition coefficient (Wildman–Crippen LogP) is 3.67. The molecule has 0 bridgehead atoms. The number of anilines is 1. The molecule has 4 rings (SSSR count). The number of amides is 3. The van der Waals surface area contributed by atoms with Crippen LogP contribution in [0.25, 0.3) is 0 Å². The van der Waals surface area contributed by atoms with Gasteiger partial charge in [0.15, 0.2) is 0 Å². The number of para-hydroxylation sites is 1. The summed E-state index contributed by atoms with van der Waals surface area (Å²) in [6.45, 7) is 0.139. The Kier molecular flexibility index (Phi) is 5.30. The van der Waals surface area contributed by atoms with Crippen LogP contribution in [0.15, 0.2) is 72.8 Å². The molecule has 1 heterocycles. The molecule has 0 aromatic heterocycles. The van der Waals surface area contributed by atoms with Crippen LogP contribution in [0.2, 0.25) is 0 Å². The standard InChI is InChI=1S/C24H20N2O4/c1-30-21-10-6-5-9-20(21)24(29)26-15-18-13-19(12-11-17(18)14-22(26)27)25-23(28)16-7-3-2-4-8-16/h2-13H,14-15H2,1H3,(H,25,28). The molecule has 0 unspecified atom stereocenters. The number of benzene rings is 3. The van der Waals surface area contributed by atoms with Gasteiger partial charge in [-0.15, -0.1) is 0 Å². The molecule has 0 atom stereocenters. The third-order valence-electron chi connectivity index (χ3n) is 5.05. The van der Waals surface area contributed by atoms with Crippen molar-refractivity contribution in [2.75, 3.05) is 12.4 Å². The molecule has 3 amide bonds. The Morgan fingerprint density at radius 3 is 2.43 bits per heavy atom. The van der Waals surface area contributed by atoms with Gasteiger partial charge in [0.25, 0.3) is 11.8 Å². The van der Waals surface area contributed by atoms with Gasteiger partial charge in [0.05, 0.1) is 25.6 Å². The Morgan fingerprint density at radius 2 is 1.67 bits per heavy atom. The molecule has 30 heavy (non-hydrogen) atoms. The largest absolute Gasteiger partial charge is 0.496 e.